The van der Waals surface area contributed by atoms with Gasteiger partial charge >= 0.3 is 5.97 Å². The van der Waals surface area contributed by atoms with Gasteiger partial charge in [-0.3, -0.25) is 4.72 Å². The van der Waals surface area contributed by atoms with Crippen LogP contribution in [-0.2, 0) is 21.8 Å². The highest BCUT2D eigenvalue weighted by Gasteiger charge is 2.29. The molecule has 0 amide bonds. The number of benzene rings is 1. The largest absolute Gasteiger partial charge is 0.461 e. The van der Waals surface area contributed by atoms with E-state index in [-0.39, 0.29) is 17.2 Å². The molecule has 24 heavy (non-hydrogen) atoms. The van der Waals surface area contributed by atoms with E-state index >= 15 is 0 Å². The Morgan fingerprint density at radius 3 is 2.29 bits per heavy atom. The summed E-state index contributed by atoms with van der Waals surface area (Å²) >= 11 is 0. The number of carbonyl (C=O) groups excluding carboxylic acids is 1. The Hall–Kier alpha value is -2.28. The third kappa shape index (κ3) is 3.31. The SMILES string of the molecule is CCOC(=O)c1c(C)c(S(=O)(=O)Nc2ccc(C)cc2)c(C)n1C. The standard InChI is InChI=1S/C17H22N2O4S/c1-6-23-17(20)15-12(3)16(13(4)19(15)5)24(21,22)18-14-9-7-11(2)8-10-14/h7-10,18H,6H2,1-5H3. The fourth-order valence-electron chi connectivity index (χ4n) is 2.66. The first kappa shape index (κ1) is 18.1. The van der Waals surface area contributed by atoms with Crippen molar-refractivity contribution in [2.45, 2.75) is 32.6 Å². The summed E-state index contributed by atoms with van der Waals surface area (Å²) in [6.45, 7) is 7.14. The summed E-state index contributed by atoms with van der Waals surface area (Å²) in [5.41, 5.74) is 2.62. The fourth-order valence-corrected chi connectivity index (χ4v) is 4.24. The van der Waals surface area contributed by atoms with E-state index in [1.165, 1.54) is 0 Å². The Morgan fingerprint density at radius 1 is 1.17 bits per heavy atom. The van der Waals surface area contributed by atoms with Crippen molar-refractivity contribution >= 4 is 21.7 Å². The second kappa shape index (κ2) is 6.68. The highest BCUT2D eigenvalue weighted by Crippen LogP contribution is 2.28. The van der Waals surface area contributed by atoms with Crippen LogP contribution in [0.15, 0.2) is 29.2 Å². The van der Waals surface area contributed by atoms with Crippen molar-refractivity contribution in [2.75, 3.05) is 11.3 Å². The monoisotopic (exact) mass is 350 g/mol. The third-order valence-corrected chi connectivity index (χ3v) is 5.55. The Balaban J connectivity index is 2.49. The van der Waals surface area contributed by atoms with Gasteiger partial charge in [0.15, 0.2) is 0 Å². The summed E-state index contributed by atoms with van der Waals surface area (Å²) in [6, 6.07) is 7.05. The lowest BCUT2D eigenvalue weighted by atomic mass is 10.2. The zero-order valence-electron chi connectivity index (χ0n) is 14.5. The first-order valence-electron chi connectivity index (χ1n) is 7.61. The lowest BCUT2D eigenvalue weighted by Crippen LogP contribution is -2.15. The van der Waals surface area contributed by atoms with E-state index in [1.54, 1.807) is 44.5 Å². The molecule has 1 aromatic carbocycles. The number of carbonyl (C=O) groups is 1. The molecule has 7 heteroatoms. The molecule has 0 fully saturated rings. The molecule has 1 aromatic heterocycles. The summed E-state index contributed by atoms with van der Waals surface area (Å²) in [4.78, 5) is 12.2. The minimum absolute atomic E-state index is 0.105. The highest BCUT2D eigenvalue weighted by atomic mass is 32.2. The Bertz CT molecular complexity index is 865. The molecule has 0 spiro atoms. The second-order valence-corrected chi connectivity index (χ2v) is 7.26. The van der Waals surface area contributed by atoms with Crippen LogP contribution < -0.4 is 4.72 Å². The number of anilines is 1. The number of hydrogen-bond acceptors (Lipinski definition) is 4. The van der Waals surface area contributed by atoms with Gasteiger partial charge in [-0.2, -0.15) is 0 Å². The molecule has 2 rings (SSSR count). The number of rotatable bonds is 5. The number of aryl methyl sites for hydroxylation is 1. The van der Waals surface area contributed by atoms with Crippen LogP contribution in [-0.4, -0.2) is 25.6 Å². The molecule has 0 saturated carbocycles. The lowest BCUT2D eigenvalue weighted by molar-refractivity contribution is 0.0514. The van der Waals surface area contributed by atoms with Gasteiger partial charge in [0, 0.05) is 24.0 Å². The van der Waals surface area contributed by atoms with Crippen molar-refractivity contribution in [2.24, 2.45) is 7.05 Å². The number of nitrogens with zero attached hydrogens (tertiary/aromatic N) is 1. The molecule has 130 valence electrons. The predicted molar refractivity (Wildman–Crippen MR) is 92.8 cm³/mol. The molecular formula is C17H22N2O4S. The van der Waals surface area contributed by atoms with Crippen molar-refractivity contribution in [3.05, 3.63) is 46.8 Å². The summed E-state index contributed by atoms with van der Waals surface area (Å²) in [5, 5.41) is 0. The van der Waals surface area contributed by atoms with E-state index < -0.39 is 16.0 Å². The average molecular weight is 350 g/mol. The number of nitrogens with one attached hydrogen (secondary N) is 1. The number of hydrogen-bond donors (Lipinski definition) is 1. The minimum atomic E-state index is -3.82. The Morgan fingerprint density at radius 2 is 1.75 bits per heavy atom. The zero-order chi connectivity index (χ0) is 18.1. The van der Waals surface area contributed by atoms with Gasteiger partial charge in [-0.15, -0.1) is 0 Å². The molecule has 0 atom stereocenters. The maximum absolute atomic E-state index is 12.8. The van der Waals surface area contributed by atoms with Gasteiger partial charge in [0.1, 0.15) is 10.6 Å². The topological polar surface area (TPSA) is 77.4 Å². The summed E-state index contributed by atoms with van der Waals surface area (Å²) in [5.74, 6) is -0.530. The van der Waals surface area contributed by atoms with Crippen LogP contribution in [0, 0.1) is 20.8 Å². The molecule has 0 aliphatic carbocycles. The van der Waals surface area contributed by atoms with Crippen LogP contribution in [0.1, 0.15) is 34.2 Å². The minimum Gasteiger partial charge on any atom is -0.461 e. The second-order valence-electron chi connectivity index (χ2n) is 5.64. The molecule has 0 aliphatic rings. The van der Waals surface area contributed by atoms with Gasteiger partial charge in [-0.1, -0.05) is 17.7 Å². The van der Waals surface area contributed by atoms with E-state index in [9.17, 15) is 13.2 Å². The maximum Gasteiger partial charge on any atom is 0.355 e. The Labute approximate surface area is 142 Å². The summed E-state index contributed by atoms with van der Waals surface area (Å²) in [7, 11) is -2.16. The summed E-state index contributed by atoms with van der Waals surface area (Å²) in [6.07, 6.45) is 0. The van der Waals surface area contributed by atoms with E-state index in [0.29, 0.717) is 16.9 Å². The third-order valence-electron chi connectivity index (χ3n) is 3.90. The predicted octanol–water partition coefficient (Wildman–Crippen LogP) is 2.93. The molecule has 0 bridgehead atoms. The van der Waals surface area contributed by atoms with E-state index in [0.717, 1.165) is 5.56 Å². The van der Waals surface area contributed by atoms with Crippen LogP contribution in [0.2, 0.25) is 0 Å². The van der Waals surface area contributed by atoms with E-state index in [1.807, 2.05) is 19.1 Å². The van der Waals surface area contributed by atoms with E-state index in [2.05, 4.69) is 4.72 Å². The fraction of sp³-hybridized carbons (Fsp3) is 0.353. The first-order valence-corrected chi connectivity index (χ1v) is 9.09. The van der Waals surface area contributed by atoms with Gasteiger partial charge in [0.05, 0.1) is 6.61 Å². The molecule has 6 nitrogen and oxygen atoms in total. The highest BCUT2D eigenvalue weighted by molar-refractivity contribution is 7.92. The lowest BCUT2D eigenvalue weighted by Gasteiger charge is -2.09. The van der Waals surface area contributed by atoms with Gasteiger partial charge < -0.3 is 9.30 Å². The Kier molecular flexibility index (Phi) is 5.03. The smallest absolute Gasteiger partial charge is 0.355 e. The molecule has 1 N–H and O–H groups in total. The first-order chi connectivity index (χ1) is 11.2. The number of ether oxygens (including phenoxy) is 1. The number of aromatic nitrogens is 1. The molecule has 2 aromatic rings. The van der Waals surface area contributed by atoms with Crippen LogP contribution in [0.4, 0.5) is 5.69 Å². The number of esters is 1. The molecular weight excluding hydrogens is 328 g/mol. The average Bonchev–Trinajstić information content (AvgIpc) is 2.72. The van der Waals surface area contributed by atoms with Crippen molar-refractivity contribution < 1.29 is 17.9 Å². The van der Waals surface area contributed by atoms with E-state index in [4.69, 9.17) is 4.74 Å². The normalized spacial score (nSPS) is 11.4. The van der Waals surface area contributed by atoms with Gasteiger partial charge in [0.2, 0.25) is 0 Å². The van der Waals surface area contributed by atoms with Gasteiger partial charge in [-0.05, 0) is 39.8 Å². The quantitative estimate of drug-likeness (QED) is 0.841. The van der Waals surface area contributed by atoms with Crippen LogP contribution in [0.25, 0.3) is 0 Å². The molecule has 0 aliphatic heterocycles. The van der Waals surface area contributed by atoms with Gasteiger partial charge in [0.25, 0.3) is 10.0 Å². The van der Waals surface area contributed by atoms with Crippen LogP contribution in [0.5, 0.6) is 0 Å². The molecule has 0 radical (unpaired) electrons. The van der Waals surface area contributed by atoms with Crippen molar-refractivity contribution in [3.8, 4) is 0 Å². The molecule has 0 unspecified atom stereocenters. The molecule has 0 saturated heterocycles. The van der Waals surface area contributed by atoms with Gasteiger partial charge in [-0.25, -0.2) is 13.2 Å². The van der Waals surface area contributed by atoms with Crippen LogP contribution >= 0.6 is 0 Å². The molecule has 1 heterocycles. The van der Waals surface area contributed by atoms with Crippen molar-refractivity contribution in [1.29, 1.82) is 0 Å². The van der Waals surface area contributed by atoms with Crippen molar-refractivity contribution in [3.63, 3.8) is 0 Å². The van der Waals surface area contributed by atoms with Crippen molar-refractivity contribution in [1.82, 2.24) is 4.57 Å². The zero-order valence-corrected chi connectivity index (χ0v) is 15.3. The number of sulfonamides is 1. The maximum atomic E-state index is 12.8. The summed E-state index contributed by atoms with van der Waals surface area (Å²) < 4.78 is 34.7. The van der Waals surface area contributed by atoms with Crippen LogP contribution in [0.3, 0.4) is 0 Å².